The topological polar surface area (TPSA) is 208 Å². The lowest BCUT2D eigenvalue weighted by molar-refractivity contribution is -0.147. The molecular weight excluding hydrogens is 785 g/mol. The Morgan fingerprint density at radius 1 is 0.951 bits per heavy atom. The number of methoxy groups -OCH3 is 2. The maximum atomic E-state index is 14.3. The van der Waals surface area contributed by atoms with Crippen molar-refractivity contribution in [2.45, 2.75) is 129 Å². The van der Waals surface area contributed by atoms with E-state index in [-0.39, 0.29) is 61.0 Å². The van der Waals surface area contributed by atoms with Crippen LogP contribution in [0.3, 0.4) is 0 Å². The summed E-state index contributed by atoms with van der Waals surface area (Å²) in [5, 5.41) is 12.9. The molecule has 4 aliphatic rings. The number of likely N-dealkylation sites (N-methyl/N-ethyl adjacent to an activating group) is 1. The number of hydrazine groups is 1. The first kappa shape index (κ1) is 47.3. The standard InChI is InChI=1S/C44H66N8O9/c1-9-26(4)40(50(6)44(59)38(25(2)3)49-43(58)39-29-14-17-31(21-29)48-39)33(60-7)22-37(56)51-20-10-11-32(51)41(61-8)27(5)42(57)45-24-34(53)47-30-15-12-28(13-16-30)23-46-52-35(54)18-19-36(52)55/h12-13,15-16,18-19,25-27,29,31-33,38-41,46,48H,9-11,14,17,20-24H2,1-8H3,(H,45,57)(H,47,53)(H,49,58)/t26-,27+,29?,31-,32-,33+,38-,39-,40-,41+/m0/s1. The van der Waals surface area contributed by atoms with Crippen molar-refractivity contribution in [3.05, 3.63) is 42.0 Å². The molecule has 3 aliphatic heterocycles. The van der Waals surface area contributed by atoms with E-state index in [9.17, 15) is 33.6 Å². The van der Waals surface area contributed by atoms with Gasteiger partial charge in [-0.25, -0.2) is 10.4 Å². The normalized spacial score (nSPS) is 23.8. The van der Waals surface area contributed by atoms with Crippen LogP contribution in [0.25, 0.3) is 0 Å². The van der Waals surface area contributed by atoms with Gasteiger partial charge in [0.1, 0.15) is 6.04 Å². The summed E-state index contributed by atoms with van der Waals surface area (Å²) < 4.78 is 11.9. The third-order valence-electron chi connectivity index (χ3n) is 13.0. The zero-order chi connectivity index (χ0) is 44.5. The second kappa shape index (κ2) is 21.4. The van der Waals surface area contributed by atoms with E-state index >= 15 is 0 Å². The van der Waals surface area contributed by atoms with E-state index in [1.165, 1.54) is 19.3 Å². The van der Waals surface area contributed by atoms with E-state index in [0.717, 1.165) is 36.3 Å². The number of hydrogen-bond acceptors (Lipinski definition) is 11. The van der Waals surface area contributed by atoms with Crippen molar-refractivity contribution in [2.75, 3.05) is 39.7 Å². The molecule has 1 aromatic rings. The van der Waals surface area contributed by atoms with Crippen LogP contribution in [0.2, 0.25) is 0 Å². The molecule has 0 aromatic heterocycles. The molecular formula is C44H66N8O9. The van der Waals surface area contributed by atoms with Gasteiger partial charge in [0.05, 0.1) is 49.2 Å². The number of fused-ring (bicyclic) bond motifs is 2. The number of amides is 7. The summed E-state index contributed by atoms with van der Waals surface area (Å²) in [5.74, 6) is -2.91. The average molecular weight is 851 g/mol. The van der Waals surface area contributed by atoms with Crippen LogP contribution in [0.5, 0.6) is 0 Å². The van der Waals surface area contributed by atoms with Crippen LogP contribution in [0.4, 0.5) is 5.69 Å². The largest absolute Gasteiger partial charge is 0.379 e. The molecule has 3 heterocycles. The van der Waals surface area contributed by atoms with Crippen LogP contribution >= 0.6 is 0 Å². The van der Waals surface area contributed by atoms with E-state index in [2.05, 4.69) is 26.7 Å². The molecule has 3 fully saturated rings. The fourth-order valence-electron chi connectivity index (χ4n) is 9.40. The van der Waals surface area contributed by atoms with Crippen LogP contribution in [0.1, 0.15) is 85.1 Å². The lowest BCUT2D eigenvalue weighted by atomic mass is 9.89. The molecule has 61 heavy (non-hydrogen) atoms. The highest BCUT2D eigenvalue weighted by Gasteiger charge is 2.46. The van der Waals surface area contributed by atoms with Crippen molar-refractivity contribution >= 4 is 47.0 Å². The molecule has 10 atom stereocenters. The molecule has 5 N–H and O–H groups in total. The lowest BCUT2D eigenvalue weighted by Gasteiger charge is -2.41. The fourth-order valence-corrected chi connectivity index (χ4v) is 9.40. The minimum atomic E-state index is -0.746. The number of rotatable bonds is 21. The summed E-state index contributed by atoms with van der Waals surface area (Å²) in [4.78, 5) is 95.0. The number of nitrogens with zero attached hydrogens (tertiary/aromatic N) is 3. The van der Waals surface area contributed by atoms with E-state index in [1.807, 2.05) is 27.7 Å². The molecule has 1 saturated carbocycles. The third-order valence-corrected chi connectivity index (χ3v) is 13.0. The van der Waals surface area contributed by atoms with Crippen molar-refractivity contribution in [1.82, 2.24) is 36.2 Å². The van der Waals surface area contributed by atoms with Crippen molar-refractivity contribution in [1.29, 1.82) is 0 Å². The Balaban J connectivity index is 1.15. The molecule has 2 bridgehead atoms. The second-order valence-electron chi connectivity index (χ2n) is 17.4. The highest BCUT2D eigenvalue weighted by Crippen LogP contribution is 2.35. The highest BCUT2D eigenvalue weighted by molar-refractivity contribution is 6.12. The number of nitrogens with one attached hydrogen (secondary N) is 5. The molecule has 0 spiro atoms. The Morgan fingerprint density at radius 3 is 2.21 bits per heavy atom. The van der Waals surface area contributed by atoms with Crippen molar-refractivity contribution < 1.29 is 43.0 Å². The van der Waals surface area contributed by atoms with Gasteiger partial charge in [-0.2, -0.15) is 0 Å². The summed E-state index contributed by atoms with van der Waals surface area (Å²) in [6.07, 6.45) is 6.19. The first-order valence-corrected chi connectivity index (χ1v) is 21.7. The number of piperidine rings is 1. The molecule has 2 saturated heterocycles. The predicted molar refractivity (Wildman–Crippen MR) is 227 cm³/mol. The second-order valence-corrected chi connectivity index (χ2v) is 17.4. The molecule has 0 radical (unpaired) electrons. The van der Waals surface area contributed by atoms with E-state index in [1.54, 1.807) is 55.1 Å². The summed E-state index contributed by atoms with van der Waals surface area (Å²) >= 11 is 0. The first-order chi connectivity index (χ1) is 29.1. The van der Waals surface area contributed by atoms with Gasteiger partial charge in [0, 0.05) is 58.2 Å². The quantitative estimate of drug-likeness (QED) is 0.113. The van der Waals surface area contributed by atoms with E-state index < -0.39 is 59.9 Å². The van der Waals surface area contributed by atoms with Crippen LogP contribution in [-0.4, -0.2) is 133 Å². The van der Waals surface area contributed by atoms with Gasteiger partial charge < -0.3 is 40.5 Å². The Labute approximate surface area is 359 Å². The van der Waals surface area contributed by atoms with Gasteiger partial charge in [0.2, 0.25) is 29.5 Å². The van der Waals surface area contributed by atoms with Gasteiger partial charge in [-0.1, -0.05) is 53.2 Å². The number of ether oxygens (including phenoxy) is 2. The SMILES string of the molecule is CC[C@H](C)[C@@H]([C@@H](CC(=O)N1CCC[C@H]1[C@H](OC)[C@@H](C)C(=O)NCC(=O)Nc1ccc(CNN2C(=O)C=CC2=O)cc1)OC)N(C)C(=O)[C@@H](NC(=O)[C@H]1N[C@H]2CCC1C2)C(C)C. The van der Waals surface area contributed by atoms with Crippen LogP contribution in [0.15, 0.2) is 36.4 Å². The number of hydrogen-bond donors (Lipinski definition) is 5. The first-order valence-electron chi connectivity index (χ1n) is 21.7. The van der Waals surface area contributed by atoms with Gasteiger partial charge in [-0.05, 0) is 67.6 Å². The molecule has 1 unspecified atom stereocenters. The fraction of sp³-hybridized carbons (Fsp3) is 0.659. The monoisotopic (exact) mass is 850 g/mol. The Hall–Kier alpha value is -4.71. The zero-order valence-corrected chi connectivity index (χ0v) is 36.9. The summed E-state index contributed by atoms with van der Waals surface area (Å²) in [5.41, 5.74) is 4.04. The lowest BCUT2D eigenvalue weighted by Crippen LogP contribution is -2.59. The minimum absolute atomic E-state index is 0.00264. The number of carbonyl (C=O) groups excluding carboxylic acids is 7. The van der Waals surface area contributed by atoms with Gasteiger partial charge >= 0.3 is 0 Å². The van der Waals surface area contributed by atoms with Gasteiger partial charge in [-0.3, -0.25) is 33.6 Å². The molecule has 17 nitrogen and oxygen atoms in total. The van der Waals surface area contributed by atoms with Crippen molar-refractivity contribution in [3.8, 4) is 0 Å². The maximum Gasteiger partial charge on any atom is 0.268 e. The van der Waals surface area contributed by atoms with Gasteiger partial charge in [-0.15, -0.1) is 0 Å². The molecule has 336 valence electrons. The Morgan fingerprint density at radius 2 is 1.64 bits per heavy atom. The highest BCUT2D eigenvalue weighted by atomic mass is 16.5. The number of likely N-dealkylation sites (tertiary alicyclic amines) is 1. The van der Waals surface area contributed by atoms with E-state index in [4.69, 9.17) is 9.47 Å². The van der Waals surface area contributed by atoms with Gasteiger partial charge in [0.15, 0.2) is 0 Å². The van der Waals surface area contributed by atoms with Gasteiger partial charge in [0.25, 0.3) is 11.8 Å². The molecule has 7 amide bonds. The van der Waals surface area contributed by atoms with Crippen molar-refractivity contribution in [3.63, 3.8) is 0 Å². The van der Waals surface area contributed by atoms with E-state index in [0.29, 0.717) is 31.1 Å². The predicted octanol–water partition coefficient (Wildman–Crippen LogP) is 1.87. The summed E-state index contributed by atoms with van der Waals surface area (Å²) in [6.45, 7) is 10.0. The van der Waals surface area contributed by atoms with Crippen LogP contribution in [-0.2, 0) is 49.6 Å². The molecule has 1 aliphatic carbocycles. The van der Waals surface area contributed by atoms with Crippen LogP contribution in [0, 0.1) is 23.7 Å². The Bertz CT molecular complexity index is 1770. The number of benzene rings is 1. The maximum absolute atomic E-state index is 14.3. The molecule has 5 rings (SSSR count). The number of anilines is 1. The van der Waals surface area contributed by atoms with Crippen molar-refractivity contribution in [2.24, 2.45) is 23.7 Å². The molecule has 1 aromatic carbocycles. The third kappa shape index (κ3) is 11.4. The van der Waals surface area contributed by atoms with Crippen LogP contribution < -0.4 is 26.7 Å². The average Bonchev–Trinajstić information content (AvgIpc) is 4.07. The molecule has 17 heteroatoms. The smallest absolute Gasteiger partial charge is 0.268 e. The number of imide groups is 1. The zero-order valence-electron chi connectivity index (χ0n) is 36.9. The summed E-state index contributed by atoms with van der Waals surface area (Å²) in [6, 6.07) is 5.26. The summed E-state index contributed by atoms with van der Waals surface area (Å²) in [7, 11) is 4.78. The number of carbonyl (C=O) groups is 7. The minimum Gasteiger partial charge on any atom is -0.379 e. The Kier molecular flexibility index (Phi) is 16.6.